The highest BCUT2D eigenvalue weighted by Gasteiger charge is 2.09. The van der Waals surface area contributed by atoms with E-state index in [-0.39, 0.29) is 5.69 Å². The van der Waals surface area contributed by atoms with Crippen LogP contribution in [0.2, 0.25) is 0 Å². The molecule has 0 aliphatic rings. The first-order valence-electron chi connectivity index (χ1n) is 3.72. The molecule has 0 unspecified atom stereocenters. The number of nitro groups is 1. The third-order valence-electron chi connectivity index (χ3n) is 1.61. The smallest absolute Gasteiger partial charge is 0.270 e. The zero-order chi connectivity index (χ0) is 10.7. The molecule has 1 rings (SSSR count). The van der Waals surface area contributed by atoms with Gasteiger partial charge in [-0.15, -0.1) is 0 Å². The molecule has 0 aliphatic heterocycles. The van der Waals surface area contributed by atoms with E-state index < -0.39 is 4.92 Å². The number of nitrogens with zero attached hydrogens (tertiary/aromatic N) is 1. The van der Waals surface area contributed by atoms with Crippen LogP contribution in [-0.4, -0.2) is 9.91 Å². The Morgan fingerprint density at radius 2 is 2.29 bits per heavy atom. The molecule has 0 aromatic heterocycles. The Morgan fingerprint density at radius 3 is 2.71 bits per heavy atom. The van der Waals surface area contributed by atoms with Crippen LogP contribution in [-0.2, 0) is 6.42 Å². The Labute approximate surface area is 94.4 Å². The first-order chi connectivity index (χ1) is 6.50. The molecule has 0 atom stereocenters. The molecule has 0 heterocycles. The van der Waals surface area contributed by atoms with Crippen molar-refractivity contribution in [2.45, 2.75) is 6.42 Å². The number of hydrogen-bond donors (Lipinski definition) is 1. The van der Waals surface area contributed by atoms with Crippen molar-refractivity contribution < 1.29 is 4.92 Å². The number of non-ortho nitro benzene ring substituents is 1. The molecule has 1 aromatic carbocycles. The molecule has 2 N–H and O–H groups in total. The lowest BCUT2D eigenvalue weighted by molar-refractivity contribution is -0.384. The Hall–Kier alpha value is -1.01. The van der Waals surface area contributed by atoms with Crippen LogP contribution in [0.25, 0.3) is 0 Å². The number of halogens is 1. The average Bonchev–Trinajstić information content (AvgIpc) is 2.07. The number of benzene rings is 1. The SMILES string of the molecule is NC(=S)Cc1ccc([N+](=O)[O-])cc1Br. The normalized spacial score (nSPS) is 9.79. The molecule has 4 nitrogen and oxygen atoms in total. The van der Waals surface area contributed by atoms with Gasteiger partial charge in [-0.2, -0.15) is 0 Å². The average molecular weight is 275 g/mol. The fourth-order valence-corrected chi connectivity index (χ4v) is 1.64. The summed E-state index contributed by atoms with van der Waals surface area (Å²) in [7, 11) is 0. The van der Waals surface area contributed by atoms with Gasteiger partial charge in [0.25, 0.3) is 5.69 Å². The largest absolute Gasteiger partial charge is 0.393 e. The summed E-state index contributed by atoms with van der Waals surface area (Å²) in [5.74, 6) is 0. The van der Waals surface area contributed by atoms with Gasteiger partial charge < -0.3 is 5.73 Å². The molecule has 0 amide bonds. The van der Waals surface area contributed by atoms with E-state index >= 15 is 0 Å². The zero-order valence-electron chi connectivity index (χ0n) is 7.07. The quantitative estimate of drug-likeness (QED) is 0.521. The summed E-state index contributed by atoms with van der Waals surface area (Å²) in [6.45, 7) is 0. The van der Waals surface area contributed by atoms with Gasteiger partial charge in [0.1, 0.15) is 0 Å². The van der Waals surface area contributed by atoms with Gasteiger partial charge in [-0.25, -0.2) is 0 Å². The summed E-state index contributed by atoms with van der Waals surface area (Å²) >= 11 is 7.97. The third-order valence-corrected chi connectivity index (χ3v) is 2.49. The van der Waals surface area contributed by atoms with E-state index in [0.717, 1.165) is 5.56 Å². The highest BCUT2D eigenvalue weighted by atomic mass is 79.9. The topological polar surface area (TPSA) is 69.2 Å². The fourth-order valence-electron chi connectivity index (χ4n) is 0.981. The van der Waals surface area contributed by atoms with Crippen molar-refractivity contribution in [1.82, 2.24) is 0 Å². The van der Waals surface area contributed by atoms with Crippen LogP contribution in [0.3, 0.4) is 0 Å². The van der Waals surface area contributed by atoms with Gasteiger partial charge >= 0.3 is 0 Å². The van der Waals surface area contributed by atoms with Crippen LogP contribution in [0.1, 0.15) is 5.56 Å². The molecule has 0 radical (unpaired) electrons. The van der Waals surface area contributed by atoms with E-state index in [9.17, 15) is 10.1 Å². The van der Waals surface area contributed by atoms with Gasteiger partial charge in [0.2, 0.25) is 0 Å². The maximum Gasteiger partial charge on any atom is 0.270 e. The van der Waals surface area contributed by atoms with E-state index in [4.69, 9.17) is 18.0 Å². The molecule has 6 heteroatoms. The van der Waals surface area contributed by atoms with Crippen molar-refractivity contribution in [3.63, 3.8) is 0 Å². The molecule has 0 aliphatic carbocycles. The van der Waals surface area contributed by atoms with Gasteiger partial charge in [-0.1, -0.05) is 34.2 Å². The minimum absolute atomic E-state index is 0.0450. The van der Waals surface area contributed by atoms with Gasteiger partial charge in [0, 0.05) is 23.0 Å². The molecule has 0 saturated carbocycles. The number of thiocarbonyl (C=S) groups is 1. The summed E-state index contributed by atoms with van der Waals surface area (Å²) in [5, 5.41) is 10.4. The molecular formula is C8H7BrN2O2S. The van der Waals surface area contributed by atoms with Crippen molar-refractivity contribution in [2.24, 2.45) is 5.73 Å². The lowest BCUT2D eigenvalue weighted by Crippen LogP contribution is -2.11. The van der Waals surface area contributed by atoms with Crippen LogP contribution in [0.5, 0.6) is 0 Å². The Morgan fingerprint density at radius 1 is 1.64 bits per heavy atom. The van der Waals surface area contributed by atoms with Crippen molar-refractivity contribution >= 4 is 38.8 Å². The van der Waals surface area contributed by atoms with Crippen LogP contribution < -0.4 is 5.73 Å². The van der Waals surface area contributed by atoms with Crippen LogP contribution >= 0.6 is 28.1 Å². The van der Waals surface area contributed by atoms with Crippen LogP contribution in [0.15, 0.2) is 22.7 Å². The van der Waals surface area contributed by atoms with E-state index in [1.165, 1.54) is 12.1 Å². The number of hydrogen-bond acceptors (Lipinski definition) is 3. The highest BCUT2D eigenvalue weighted by Crippen LogP contribution is 2.23. The number of nitrogens with two attached hydrogens (primary N) is 1. The van der Waals surface area contributed by atoms with Gasteiger partial charge in [-0.3, -0.25) is 10.1 Å². The molecule has 74 valence electrons. The molecule has 0 bridgehead atoms. The summed E-state index contributed by atoms with van der Waals surface area (Å²) in [4.78, 5) is 10.3. The molecule has 1 aromatic rings. The van der Waals surface area contributed by atoms with E-state index in [2.05, 4.69) is 15.9 Å². The van der Waals surface area contributed by atoms with Crippen molar-refractivity contribution in [2.75, 3.05) is 0 Å². The molecule has 14 heavy (non-hydrogen) atoms. The Bertz CT molecular complexity index is 395. The standard InChI is InChI=1S/C8H7BrN2O2S/c9-7-4-6(11(12)13)2-1-5(7)3-8(10)14/h1-2,4H,3H2,(H2,10,14). The summed E-state index contributed by atoms with van der Waals surface area (Å²) in [6.07, 6.45) is 0.438. The van der Waals surface area contributed by atoms with E-state index in [0.29, 0.717) is 15.9 Å². The second-order valence-corrected chi connectivity index (χ2v) is 4.05. The third kappa shape index (κ3) is 2.74. The van der Waals surface area contributed by atoms with Gasteiger partial charge in [-0.05, 0) is 5.56 Å². The highest BCUT2D eigenvalue weighted by molar-refractivity contribution is 9.10. The Kier molecular flexibility index (Phi) is 3.54. The van der Waals surface area contributed by atoms with E-state index in [1.54, 1.807) is 6.07 Å². The van der Waals surface area contributed by atoms with Crippen LogP contribution in [0.4, 0.5) is 5.69 Å². The van der Waals surface area contributed by atoms with Crippen molar-refractivity contribution in [3.05, 3.63) is 38.3 Å². The first kappa shape index (κ1) is 11.1. The molecular weight excluding hydrogens is 268 g/mol. The monoisotopic (exact) mass is 274 g/mol. The second kappa shape index (κ2) is 4.47. The predicted molar refractivity (Wildman–Crippen MR) is 61.3 cm³/mol. The minimum atomic E-state index is -0.449. The summed E-state index contributed by atoms with van der Waals surface area (Å²) < 4.78 is 0.652. The predicted octanol–water partition coefficient (Wildman–Crippen LogP) is 2.19. The van der Waals surface area contributed by atoms with Crippen LogP contribution in [0, 0.1) is 10.1 Å². The maximum atomic E-state index is 10.4. The number of nitro benzene ring substituents is 1. The van der Waals surface area contributed by atoms with Gasteiger partial charge in [0.15, 0.2) is 0 Å². The molecule has 0 spiro atoms. The van der Waals surface area contributed by atoms with Gasteiger partial charge in [0.05, 0.1) is 9.91 Å². The number of rotatable bonds is 3. The molecule has 0 saturated heterocycles. The maximum absolute atomic E-state index is 10.4. The summed E-state index contributed by atoms with van der Waals surface area (Å²) in [6, 6.07) is 4.51. The fraction of sp³-hybridized carbons (Fsp3) is 0.125. The lowest BCUT2D eigenvalue weighted by atomic mass is 10.1. The molecule has 0 fully saturated rings. The Balaban J connectivity index is 3.01. The van der Waals surface area contributed by atoms with Crippen molar-refractivity contribution in [3.8, 4) is 0 Å². The minimum Gasteiger partial charge on any atom is -0.393 e. The summed E-state index contributed by atoms with van der Waals surface area (Å²) in [5.41, 5.74) is 6.26. The van der Waals surface area contributed by atoms with E-state index in [1.807, 2.05) is 0 Å². The zero-order valence-corrected chi connectivity index (χ0v) is 9.47. The van der Waals surface area contributed by atoms with Crippen molar-refractivity contribution in [1.29, 1.82) is 0 Å². The first-order valence-corrected chi connectivity index (χ1v) is 4.92. The second-order valence-electron chi connectivity index (χ2n) is 2.68. The lowest BCUT2D eigenvalue weighted by Gasteiger charge is -2.02.